The Morgan fingerprint density at radius 3 is 2.85 bits per heavy atom. The molecule has 1 unspecified atom stereocenters. The summed E-state index contributed by atoms with van der Waals surface area (Å²) >= 11 is 5.88. The zero-order valence-corrected chi connectivity index (χ0v) is 13.0. The molecule has 1 heterocycles. The van der Waals surface area contributed by atoms with Crippen LogP contribution in [0.2, 0.25) is 0 Å². The van der Waals surface area contributed by atoms with Crippen molar-refractivity contribution in [2.75, 3.05) is 19.6 Å². The minimum Gasteiger partial charge on any atom is -0.497 e. The maximum atomic E-state index is 5.88. The Labute approximate surface area is 124 Å². The van der Waals surface area contributed by atoms with E-state index in [0.717, 1.165) is 35.6 Å². The summed E-state index contributed by atoms with van der Waals surface area (Å²) in [6.07, 6.45) is 0.894. The molecule has 0 aliphatic carbocycles. The molecule has 1 aromatic carbocycles. The number of imidazole rings is 1. The summed E-state index contributed by atoms with van der Waals surface area (Å²) in [5.41, 5.74) is 2.03. The number of fused-ring (bicyclic) bond motifs is 1. The summed E-state index contributed by atoms with van der Waals surface area (Å²) in [4.78, 5) is 4.67. The van der Waals surface area contributed by atoms with E-state index in [4.69, 9.17) is 21.1 Å². The van der Waals surface area contributed by atoms with Gasteiger partial charge in [-0.2, -0.15) is 0 Å². The van der Waals surface area contributed by atoms with E-state index in [0.29, 0.717) is 12.5 Å². The lowest BCUT2D eigenvalue weighted by molar-refractivity contribution is 0.0643. The lowest BCUT2D eigenvalue weighted by Gasteiger charge is -2.15. The van der Waals surface area contributed by atoms with Gasteiger partial charge in [0, 0.05) is 25.0 Å². The maximum Gasteiger partial charge on any atom is 0.121 e. The highest BCUT2D eigenvalue weighted by molar-refractivity contribution is 6.17. The molecule has 0 spiro atoms. The quantitative estimate of drug-likeness (QED) is 0.736. The molecule has 0 saturated heterocycles. The van der Waals surface area contributed by atoms with Crippen LogP contribution in [0, 0.1) is 0 Å². The number of hydrogen-bond donors (Lipinski definition) is 0. The zero-order chi connectivity index (χ0) is 14.5. The predicted octanol–water partition coefficient (Wildman–Crippen LogP) is 3.25. The number of aryl methyl sites for hydroxylation is 1. The van der Waals surface area contributed by atoms with Crippen molar-refractivity contribution < 1.29 is 9.47 Å². The van der Waals surface area contributed by atoms with Gasteiger partial charge in [-0.15, -0.1) is 11.6 Å². The van der Waals surface area contributed by atoms with Crippen molar-refractivity contribution in [2.45, 2.75) is 32.9 Å². The highest BCUT2D eigenvalue weighted by atomic mass is 35.5. The molecular weight excluding hydrogens is 276 g/mol. The Bertz CT molecular complexity index is 568. The molecule has 0 aliphatic rings. The topological polar surface area (TPSA) is 36.3 Å². The predicted molar refractivity (Wildman–Crippen MR) is 81.8 cm³/mol. The average molecular weight is 297 g/mol. The van der Waals surface area contributed by atoms with Gasteiger partial charge in [0.1, 0.15) is 11.6 Å². The van der Waals surface area contributed by atoms with Crippen molar-refractivity contribution in [3.8, 4) is 5.75 Å². The first-order valence-corrected chi connectivity index (χ1v) is 7.43. The summed E-state index contributed by atoms with van der Waals surface area (Å²) in [6, 6.07) is 5.95. The fourth-order valence-electron chi connectivity index (χ4n) is 2.36. The molecule has 20 heavy (non-hydrogen) atoms. The summed E-state index contributed by atoms with van der Waals surface area (Å²) in [5, 5.41) is 0. The van der Waals surface area contributed by atoms with Gasteiger partial charge in [0.15, 0.2) is 0 Å². The zero-order valence-electron chi connectivity index (χ0n) is 12.2. The molecule has 5 heteroatoms. The fourth-order valence-corrected chi connectivity index (χ4v) is 2.53. The molecule has 0 radical (unpaired) electrons. The van der Waals surface area contributed by atoms with Gasteiger partial charge in [0.05, 0.1) is 30.8 Å². The van der Waals surface area contributed by atoms with Gasteiger partial charge >= 0.3 is 0 Å². The Morgan fingerprint density at radius 2 is 2.20 bits per heavy atom. The highest BCUT2D eigenvalue weighted by Crippen LogP contribution is 2.23. The number of aromatic nitrogens is 2. The second-order valence-electron chi connectivity index (χ2n) is 4.70. The summed E-state index contributed by atoms with van der Waals surface area (Å²) in [5.74, 6) is 2.37. The van der Waals surface area contributed by atoms with Crippen LogP contribution in [0.15, 0.2) is 18.2 Å². The van der Waals surface area contributed by atoms with Crippen LogP contribution in [0.25, 0.3) is 11.0 Å². The number of ether oxygens (including phenoxy) is 2. The molecule has 0 fully saturated rings. The van der Waals surface area contributed by atoms with E-state index in [1.807, 2.05) is 25.1 Å². The van der Waals surface area contributed by atoms with Gasteiger partial charge in [-0.25, -0.2) is 4.98 Å². The fraction of sp³-hybridized carbons (Fsp3) is 0.533. The lowest BCUT2D eigenvalue weighted by Crippen LogP contribution is -2.18. The summed E-state index contributed by atoms with van der Waals surface area (Å²) < 4.78 is 13.1. The van der Waals surface area contributed by atoms with Crippen molar-refractivity contribution in [3.05, 3.63) is 24.0 Å². The largest absolute Gasteiger partial charge is 0.497 e. The summed E-state index contributed by atoms with van der Waals surface area (Å²) in [7, 11) is 1.66. The van der Waals surface area contributed by atoms with Gasteiger partial charge in [0.25, 0.3) is 0 Å². The molecule has 0 amide bonds. The Morgan fingerprint density at radius 1 is 1.40 bits per heavy atom. The molecule has 0 saturated carbocycles. The molecule has 0 aliphatic heterocycles. The molecule has 4 nitrogen and oxygen atoms in total. The minimum absolute atomic E-state index is 0.147. The number of alkyl halides is 1. The normalized spacial score (nSPS) is 12.8. The SMILES string of the molecule is CCOC(C)Cn1c(CCCl)nc2cc(OC)ccc21. The third-order valence-corrected chi connectivity index (χ3v) is 3.43. The van der Waals surface area contributed by atoms with Crippen molar-refractivity contribution >= 4 is 22.6 Å². The maximum absolute atomic E-state index is 5.88. The van der Waals surface area contributed by atoms with Gasteiger partial charge in [-0.05, 0) is 26.0 Å². The minimum atomic E-state index is 0.147. The van der Waals surface area contributed by atoms with Crippen molar-refractivity contribution in [1.82, 2.24) is 9.55 Å². The van der Waals surface area contributed by atoms with Crippen molar-refractivity contribution in [1.29, 1.82) is 0 Å². The molecule has 1 aromatic heterocycles. The van der Waals surface area contributed by atoms with E-state index in [2.05, 4.69) is 16.5 Å². The smallest absolute Gasteiger partial charge is 0.121 e. The van der Waals surface area contributed by atoms with Crippen LogP contribution in [0.1, 0.15) is 19.7 Å². The molecule has 1 atom stereocenters. The Hall–Kier alpha value is -1.26. The van der Waals surface area contributed by atoms with Crippen LogP contribution in [0.4, 0.5) is 0 Å². The molecule has 2 aromatic rings. The van der Waals surface area contributed by atoms with E-state index in [1.54, 1.807) is 7.11 Å². The average Bonchev–Trinajstić information content (AvgIpc) is 2.76. The van der Waals surface area contributed by atoms with Crippen LogP contribution in [0.3, 0.4) is 0 Å². The molecule has 2 rings (SSSR count). The van der Waals surface area contributed by atoms with Crippen LogP contribution in [-0.2, 0) is 17.7 Å². The molecule has 0 N–H and O–H groups in total. The Kier molecular flexibility index (Phi) is 5.26. The number of methoxy groups -OCH3 is 1. The van der Waals surface area contributed by atoms with Gasteiger partial charge in [-0.3, -0.25) is 0 Å². The lowest BCUT2D eigenvalue weighted by atomic mass is 10.3. The summed E-state index contributed by atoms with van der Waals surface area (Å²) in [6.45, 7) is 5.58. The number of rotatable bonds is 7. The van der Waals surface area contributed by atoms with E-state index in [9.17, 15) is 0 Å². The number of nitrogens with zero attached hydrogens (tertiary/aromatic N) is 2. The van der Waals surface area contributed by atoms with Crippen LogP contribution in [-0.4, -0.2) is 35.3 Å². The first-order valence-electron chi connectivity index (χ1n) is 6.90. The van der Waals surface area contributed by atoms with Gasteiger partial charge < -0.3 is 14.0 Å². The van der Waals surface area contributed by atoms with Crippen molar-refractivity contribution in [3.63, 3.8) is 0 Å². The van der Waals surface area contributed by atoms with Gasteiger partial charge in [-0.1, -0.05) is 0 Å². The van der Waals surface area contributed by atoms with E-state index < -0.39 is 0 Å². The highest BCUT2D eigenvalue weighted by Gasteiger charge is 2.13. The first kappa shape index (κ1) is 15.1. The monoisotopic (exact) mass is 296 g/mol. The first-order chi connectivity index (χ1) is 9.69. The number of hydrogen-bond acceptors (Lipinski definition) is 3. The number of halogens is 1. The van der Waals surface area contributed by atoms with E-state index in [1.165, 1.54) is 0 Å². The third-order valence-electron chi connectivity index (χ3n) is 3.24. The number of benzene rings is 1. The second kappa shape index (κ2) is 6.95. The van der Waals surface area contributed by atoms with Gasteiger partial charge in [0.2, 0.25) is 0 Å². The van der Waals surface area contributed by atoms with E-state index in [-0.39, 0.29) is 6.10 Å². The van der Waals surface area contributed by atoms with Crippen LogP contribution < -0.4 is 4.74 Å². The van der Waals surface area contributed by atoms with E-state index >= 15 is 0 Å². The standard InChI is InChI=1S/C15H21ClN2O2/c1-4-20-11(2)10-18-14-6-5-12(19-3)9-13(14)17-15(18)7-8-16/h5-6,9,11H,4,7-8,10H2,1-3H3. The molecular formula is C15H21ClN2O2. The third kappa shape index (κ3) is 3.25. The van der Waals surface area contributed by atoms with Crippen LogP contribution in [0.5, 0.6) is 5.75 Å². The molecule has 0 bridgehead atoms. The molecule has 110 valence electrons. The Balaban J connectivity index is 2.40. The second-order valence-corrected chi connectivity index (χ2v) is 5.08. The van der Waals surface area contributed by atoms with Crippen molar-refractivity contribution in [2.24, 2.45) is 0 Å². The van der Waals surface area contributed by atoms with Crippen LogP contribution >= 0.6 is 11.6 Å².